The molecular formula is C26H24. The van der Waals surface area contributed by atoms with Crippen LogP contribution < -0.4 is 0 Å². The maximum atomic E-state index is 2.18. The summed E-state index contributed by atoms with van der Waals surface area (Å²) < 4.78 is 0. The Morgan fingerprint density at radius 2 is 0.577 bits per heavy atom. The van der Waals surface area contributed by atoms with Crippen LogP contribution in [0.2, 0.25) is 0 Å². The number of aryl methyl sites for hydroxylation is 2. The van der Waals surface area contributed by atoms with Gasteiger partial charge in [0, 0.05) is 0 Å². The van der Waals surface area contributed by atoms with Crippen LogP contribution in [0.3, 0.4) is 0 Å². The summed E-state index contributed by atoms with van der Waals surface area (Å²) in [4.78, 5) is 0. The summed E-state index contributed by atoms with van der Waals surface area (Å²) in [5, 5.41) is 0. The van der Waals surface area contributed by atoms with Gasteiger partial charge in [-0.3, -0.25) is 0 Å². The van der Waals surface area contributed by atoms with Crippen LogP contribution in [0.5, 0.6) is 0 Å². The van der Waals surface area contributed by atoms with Crippen LogP contribution in [-0.4, -0.2) is 0 Å². The van der Waals surface area contributed by atoms with Gasteiger partial charge < -0.3 is 0 Å². The van der Waals surface area contributed by atoms with Gasteiger partial charge >= 0.3 is 0 Å². The highest BCUT2D eigenvalue weighted by Gasteiger charge is 1.93. The molecule has 0 radical (unpaired) electrons. The van der Waals surface area contributed by atoms with Crippen molar-refractivity contribution in [3.05, 3.63) is 132 Å². The average molecular weight is 336 g/mol. The van der Waals surface area contributed by atoms with Crippen molar-refractivity contribution in [3.8, 4) is 11.1 Å². The van der Waals surface area contributed by atoms with Crippen LogP contribution in [-0.2, 0) is 12.8 Å². The van der Waals surface area contributed by atoms with Gasteiger partial charge in [-0.2, -0.15) is 0 Å². The van der Waals surface area contributed by atoms with E-state index < -0.39 is 0 Å². The summed E-state index contributed by atoms with van der Waals surface area (Å²) in [6.45, 7) is 0. The quantitative estimate of drug-likeness (QED) is 0.383. The maximum absolute atomic E-state index is 2.18. The predicted octanol–water partition coefficient (Wildman–Crippen LogP) is 6.83. The Balaban J connectivity index is 0.000000152. The van der Waals surface area contributed by atoms with E-state index in [-0.39, 0.29) is 0 Å². The molecule has 0 heterocycles. The Hall–Kier alpha value is -3.12. The van der Waals surface area contributed by atoms with Gasteiger partial charge in [-0.25, -0.2) is 0 Å². The molecular weight excluding hydrogens is 312 g/mol. The SMILES string of the molecule is c1ccc(-c2ccccc2)cc1.c1ccc(CCc2ccccc2)cc1. The largest absolute Gasteiger partial charge is 0.0622 e. The summed E-state index contributed by atoms with van der Waals surface area (Å²) in [6, 6.07) is 42.0. The lowest BCUT2D eigenvalue weighted by atomic mass is 10.0. The molecule has 0 aromatic heterocycles. The van der Waals surface area contributed by atoms with Crippen molar-refractivity contribution in [2.24, 2.45) is 0 Å². The summed E-state index contributed by atoms with van der Waals surface area (Å²) in [7, 11) is 0. The number of hydrogen-bond donors (Lipinski definition) is 0. The van der Waals surface area contributed by atoms with Crippen LogP contribution >= 0.6 is 0 Å². The van der Waals surface area contributed by atoms with E-state index in [1.165, 1.54) is 22.3 Å². The van der Waals surface area contributed by atoms with E-state index in [4.69, 9.17) is 0 Å². The van der Waals surface area contributed by atoms with Gasteiger partial charge in [0.1, 0.15) is 0 Å². The van der Waals surface area contributed by atoms with E-state index in [1.807, 2.05) is 12.1 Å². The first kappa shape index (κ1) is 17.7. The van der Waals surface area contributed by atoms with Crippen LogP contribution in [0.1, 0.15) is 11.1 Å². The van der Waals surface area contributed by atoms with Gasteiger partial charge in [-0.05, 0) is 35.1 Å². The molecule has 0 spiro atoms. The molecule has 0 aliphatic rings. The van der Waals surface area contributed by atoms with Crippen LogP contribution in [0.4, 0.5) is 0 Å². The molecule has 4 aromatic rings. The fourth-order valence-electron chi connectivity index (χ4n) is 2.84. The van der Waals surface area contributed by atoms with E-state index in [0.29, 0.717) is 0 Å². The molecule has 0 fully saturated rings. The van der Waals surface area contributed by atoms with E-state index in [2.05, 4.69) is 109 Å². The second-order valence-corrected chi connectivity index (χ2v) is 6.20. The van der Waals surface area contributed by atoms with Gasteiger partial charge in [0.15, 0.2) is 0 Å². The molecule has 0 heteroatoms. The molecule has 0 N–H and O–H groups in total. The third kappa shape index (κ3) is 5.75. The zero-order chi connectivity index (χ0) is 17.9. The topological polar surface area (TPSA) is 0 Å². The fourth-order valence-corrected chi connectivity index (χ4v) is 2.84. The van der Waals surface area contributed by atoms with E-state index in [0.717, 1.165) is 12.8 Å². The third-order valence-corrected chi connectivity index (χ3v) is 4.27. The first-order chi connectivity index (χ1) is 12.9. The van der Waals surface area contributed by atoms with Crippen molar-refractivity contribution < 1.29 is 0 Å². The molecule has 0 aliphatic carbocycles. The zero-order valence-electron chi connectivity index (χ0n) is 15.0. The first-order valence-electron chi connectivity index (χ1n) is 9.10. The zero-order valence-corrected chi connectivity index (χ0v) is 15.0. The lowest BCUT2D eigenvalue weighted by Gasteiger charge is -2.01. The molecule has 128 valence electrons. The first-order valence-corrected chi connectivity index (χ1v) is 9.10. The number of benzene rings is 4. The normalized spacial score (nSPS) is 9.85. The van der Waals surface area contributed by atoms with E-state index >= 15 is 0 Å². The van der Waals surface area contributed by atoms with Crippen molar-refractivity contribution in [1.82, 2.24) is 0 Å². The van der Waals surface area contributed by atoms with Crippen molar-refractivity contribution >= 4 is 0 Å². The van der Waals surface area contributed by atoms with Crippen molar-refractivity contribution in [2.75, 3.05) is 0 Å². The highest BCUT2D eigenvalue weighted by atomic mass is 14.0. The van der Waals surface area contributed by atoms with Crippen molar-refractivity contribution in [2.45, 2.75) is 12.8 Å². The van der Waals surface area contributed by atoms with Gasteiger partial charge in [-0.15, -0.1) is 0 Å². The second-order valence-electron chi connectivity index (χ2n) is 6.20. The molecule has 0 amide bonds. The predicted molar refractivity (Wildman–Crippen MR) is 112 cm³/mol. The van der Waals surface area contributed by atoms with E-state index in [1.54, 1.807) is 0 Å². The van der Waals surface area contributed by atoms with Gasteiger partial charge in [0.2, 0.25) is 0 Å². The second kappa shape index (κ2) is 10.0. The highest BCUT2D eigenvalue weighted by molar-refractivity contribution is 5.62. The smallest absolute Gasteiger partial charge is 0.0184 e. The third-order valence-electron chi connectivity index (χ3n) is 4.27. The summed E-state index contributed by atoms with van der Waals surface area (Å²) in [5.41, 5.74) is 5.38. The molecule has 0 saturated heterocycles. The molecule has 0 nitrogen and oxygen atoms in total. The fraction of sp³-hybridized carbons (Fsp3) is 0.0769. The molecule has 4 rings (SSSR count). The van der Waals surface area contributed by atoms with Gasteiger partial charge in [0.25, 0.3) is 0 Å². The van der Waals surface area contributed by atoms with Gasteiger partial charge in [-0.1, -0.05) is 121 Å². The number of rotatable bonds is 4. The number of hydrogen-bond acceptors (Lipinski definition) is 0. The molecule has 4 aromatic carbocycles. The Labute approximate surface area is 156 Å². The molecule has 0 atom stereocenters. The minimum Gasteiger partial charge on any atom is -0.0622 e. The maximum Gasteiger partial charge on any atom is -0.0184 e. The van der Waals surface area contributed by atoms with Crippen molar-refractivity contribution in [1.29, 1.82) is 0 Å². The van der Waals surface area contributed by atoms with Gasteiger partial charge in [0.05, 0.1) is 0 Å². The molecule has 0 bridgehead atoms. The summed E-state index contributed by atoms with van der Waals surface area (Å²) in [6.07, 6.45) is 2.26. The average Bonchev–Trinajstić information content (AvgIpc) is 2.75. The van der Waals surface area contributed by atoms with Crippen LogP contribution in [0, 0.1) is 0 Å². The minimum absolute atomic E-state index is 1.13. The molecule has 0 aliphatic heterocycles. The lowest BCUT2D eigenvalue weighted by molar-refractivity contribution is 0.960. The molecule has 0 unspecified atom stereocenters. The Morgan fingerprint density at radius 3 is 0.885 bits per heavy atom. The lowest BCUT2D eigenvalue weighted by Crippen LogP contribution is -1.89. The molecule has 26 heavy (non-hydrogen) atoms. The summed E-state index contributed by atoms with van der Waals surface area (Å²) in [5.74, 6) is 0. The van der Waals surface area contributed by atoms with Crippen molar-refractivity contribution in [3.63, 3.8) is 0 Å². The standard InChI is InChI=1S/C14H14.C12H10/c1-3-7-13(8-4-1)11-12-14-9-5-2-6-10-14;1-3-7-11(8-4-1)12-9-5-2-6-10-12/h1-10H,11-12H2;1-10H. The monoisotopic (exact) mass is 336 g/mol. The van der Waals surface area contributed by atoms with E-state index in [9.17, 15) is 0 Å². The Bertz CT molecular complexity index is 774. The Kier molecular flexibility index (Phi) is 6.81. The Morgan fingerprint density at radius 1 is 0.308 bits per heavy atom. The minimum atomic E-state index is 1.13. The van der Waals surface area contributed by atoms with Crippen LogP contribution in [0.25, 0.3) is 11.1 Å². The highest BCUT2D eigenvalue weighted by Crippen LogP contribution is 2.17. The van der Waals surface area contributed by atoms with Crippen LogP contribution in [0.15, 0.2) is 121 Å². The molecule has 0 saturated carbocycles. The summed E-state index contributed by atoms with van der Waals surface area (Å²) >= 11 is 0.